The van der Waals surface area contributed by atoms with Crippen LogP contribution in [0.2, 0.25) is 5.02 Å². The molecule has 9 heteroatoms. The van der Waals surface area contributed by atoms with Gasteiger partial charge >= 0.3 is 12.2 Å². The second kappa shape index (κ2) is 7.65. The quantitative estimate of drug-likeness (QED) is 0.560. The second-order valence-electron chi connectivity index (χ2n) is 7.89. The summed E-state index contributed by atoms with van der Waals surface area (Å²) >= 11 is 6.20. The summed E-state index contributed by atoms with van der Waals surface area (Å²) in [4.78, 5) is 13.1. The number of aromatic nitrogens is 3. The zero-order chi connectivity index (χ0) is 21.6. The molecule has 1 aliphatic heterocycles. The van der Waals surface area contributed by atoms with Crippen LogP contribution in [0.3, 0.4) is 0 Å². The van der Waals surface area contributed by atoms with Crippen LogP contribution < -0.4 is 9.64 Å². The van der Waals surface area contributed by atoms with Crippen molar-refractivity contribution < 1.29 is 17.9 Å². The molecule has 0 spiro atoms. The Morgan fingerprint density at radius 3 is 2.70 bits per heavy atom. The molecule has 30 heavy (non-hydrogen) atoms. The lowest BCUT2D eigenvalue weighted by molar-refractivity contribution is -0.141. The van der Waals surface area contributed by atoms with Gasteiger partial charge in [0.25, 0.3) is 0 Å². The van der Waals surface area contributed by atoms with Gasteiger partial charge in [0.15, 0.2) is 5.69 Å². The molecular formula is C21H22ClF3N4O. The average molecular weight is 439 g/mol. The van der Waals surface area contributed by atoms with Gasteiger partial charge in [0.1, 0.15) is 5.82 Å². The SMILES string of the molecule is COc1nc(N2CCc3c([nH]c4ccc(Cl)cc34)[C@@H]2CC(C)C)cc(C(F)(F)F)n1. The molecule has 3 aromatic rings. The summed E-state index contributed by atoms with van der Waals surface area (Å²) in [6.07, 6.45) is -3.17. The summed E-state index contributed by atoms with van der Waals surface area (Å²) < 4.78 is 45.1. The molecule has 0 unspecified atom stereocenters. The first-order valence-electron chi connectivity index (χ1n) is 9.74. The number of hydrogen-bond acceptors (Lipinski definition) is 4. The van der Waals surface area contributed by atoms with Crippen molar-refractivity contribution in [2.45, 2.75) is 38.9 Å². The summed E-state index contributed by atoms with van der Waals surface area (Å²) in [6, 6.07) is 6.25. The number of aromatic amines is 1. The minimum Gasteiger partial charge on any atom is -0.467 e. The van der Waals surface area contributed by atoms with Gasteiger partial charge in [-0.25, -0.2) is 0 Å². The smallest absolute Gasteiger partial charge is 0.433 e. The predicted octanol–water partition coefficient (Wildman–Crippen LogP) is 5.79. The monoisotopic (exact) mass is 438 g/mol. The van der Waals surface area contributed by atoms with Crippen molar-refractivity contribution in [2.75, 3.05) is 18.6 Å². The average Bonchev–Trinajstić information content (AvgIpc) is 3.05. The molecule has 1 N–H and O–H groups in total. The van der Waals surface area contributed by atoms with E-state index in [1.54, 1.807) is 0 Å². The molecule has 0 saturated heterocycles. The molecule has 4 rings (SSSR count). The maximum absolute atomic E-state index is 13.4. The Balaban J connectivity index is 1.84. The molecule has 0 fully saturated rings. The minimum absolute atomic E-state index is 0.152. The van der Waals surface area contributed by atoms with E-state index in [0.29, 0.717) is 23.9 Å². The summed E-state index contributed by atoms with van der Waals surface area (Å²) in [5, 5.41) is 1.71. The number of nitrogens with zero attached hydrogens (tertiary/aromatic N) is 3. The molecular weight excluding hydrogens is 417 g/mol. The largest absolute Gasteiger partial charge is 0.467 e. The van der Waals surface area contributed by atoms with Gasteiger partial charge in [-0.05, 0) is 42.5 Å². The van der Waals surface area contributed by atoms with Gasteiger partial charge in [0.2, 0.25) is 0 Å². The molecule has 3 heterocycles. The molecule has 1 aliphatic rings. The molecule has 2 aromatic heterocycles. The van der Waals surface area contributed by atoms with Crippen molar-refractivity contribution in [3.05, 3.63) is 46.2 Å². The third kappa shape index (κ3) is 3.80. The standard InChI is InChI=1S/C21H22ClF3N4O/c1-11(2)8-16-19-13(14-9-12(22)4-5-15(14)26-19)6-7-29(16)18-10-17(21(23,24)25)27-20(28-18)30-3/h4-5,9-11,16,26H,6-8H2,1-3H3/t16-/m0/s1. The number of benzene rings is 1. The fourth-order valence-electron chi connectivity index (χ4n) is 4.10. The van der Waals surface area contributed by atoms with Gasteiger partial charge < -0.3 is 14.6 Å². The number of rotatable bonds is 4. The lowest BCUT2D eigenvalue weighted by atomic mass is 9.91. The van der Waals surface area contributed by atoms with E-state index < -0.39 is 11.9 Å². The fraction of sp³-hybridized carbons (Fsp3) is 0.429. The van der Waals surface area contributed by atoms with Crippen molar-refractivity contribution in [3.63, 3.8) is 0 Å². The zero-order valence-corrected chi connectivity index (χ0v) is 17.6. The minimum atomic E-state index is -4.59. The number of ether oxygens (including phenoxy) is 1. The van der Waals surface area contributed by atoms with E-state index in [2.05, 4.69) is 28.8 Å². The molecule has 5 nitrogen and oxygen atoms in total. The van der Waals surface area contributed by atoms with Crippen molar-refractivity contribution in [3.8, 4) is 6.01 Å². The lowest BCUT2D eigenvalue weighted by Gasteiger charge is -2.38. The molecule has 0 saturated carbocycles. The van der Waals surface area contributed by atoms with E-state index >= 15 is 0 Å². The summed E-state index contributed by atoms with van der Waals surface area (Å²) in [6.45, 7) is 4.71. The van der Waals surface area contributed by atoms with Crippen LogP contribution in [0.5, 0.6) is 6.01 Å². The van der Waals surface area contributed by atoms with Gasteiger partial charge in [-0.1, -0.05) is 25.4 Å². The van der Waals surface area contributed by atoms with Crippen molar-refractivity contribution in [1.29, 1.82) is 0 Å². The van der Waals surface area contributed by atoms with Crippen LogP contribution in [0.1, 0.15) is 43.3 Å². The maximum atomic E-state index is 13.4. The van der Waals surface area contributed by atoms with Crippen LogP contribution >= 0.6 is 11.6 Å². The van der Waals surface area contributed by atoms with Crippen LogP contribution in [0.25, 0.3) is 10.9 Å². The molecule has 1 atom stereocenters. The first-order valence-corrected chi connectivity index (χ1v) is 10.1. The highest BCUT2D eigenvalue weighted by Crippen LogP contribution is 2.41. The van der Waals surface area contributed by atoms with E-state index in [4.69, 9.17) is 16.3 Å². The number of methoxy groups -OCH3 is 1. The Hall–Kier alpha value is -2.48. The van der Waals surface area contributed by atoms with Crippen LogP contribution in [0.4, 0.5) is 19.0 Å². The van der Waals surface area contributed by atoms with Crippen LogP contribution in [-0.2, 0) is 12.6 Å². The Labute approximate surface area is 177 Å². The fourth-order valence-corrected chi connectivity index (χ4v) is 4.27. The first-order chi connectivity index (χ1) is 14.2. The number of H-pyrrole nitrogens is 1. The second-order valence-corrected chi connectivity index (χ2v) is 8.33. The van der Waals surface area contributed by atoms with Crippen molar-refractivity contribution in [1.82, 2.24) is 15.0 Å². The molecule has 1 aromatic carbocycles. The van der Waals surface area contributed by atoms with Gasteiger partial charge in [-0.15, -0.1) is 0 Å². The summed E-state index contributed by atoms with van der Waals surface area (Å²) in [5.74, 6) is 0.534. The van der Waals surface area contributed by atoms with E-state index in [0.717, 1.165) is 34.6 Å². The van der Waals surface area contributed by atoms with Crippen molar-refractivity contribution >= 4 is 28.3 Å². The highest BCUT2D eigenvalue weighted by Gasteiger charge is 2.37. The first kappa shape index (κ1) is 20.8. The molecule has 0 aliphatic carbocycles. The van der Waals surface area contributed by atoms with Gasteiger partial charge in [-0.2, -0.15) is 23.1 Å². The Morgan fingerprint density at radius 2 is 2.03 bits per heavy atom. The number of hydrogen-bond donors (Lipinski definition) is 1. The Kier molecular flexibility index (Phi) is 5.30. The maximum Gasteiger partial charge on any atom is 0.433 e. The third-order valence-electron chi connectivity index (χ3n) is 5.37. The summed E-state index contributed by atoms with van der Waals surface area (Å²) in [5.41, 5.74) is 2.11. The van der Waals surface area contributed by atoms with E-state index in [-0.39, 0.29) is 17.9 Å². The van der Waals surface area contributed by atoms with E-state index in [1.165, 1.54) is 7.11 Å². The predicted molar refractivity (Wildman–Crippen MR) is 110 cm³/mol. The Morgan fingerprint density at radius 1 is 1.27 bits per heavy atom. The van der Waals surface area contributed by atoms with Crippen LogP contribution in [0, 0.1) is 5.92 Å². The number of halogens is 4. The number of fused-ring (bicyclic) bond motifs is 3. The molecule has 0 amide bonds. The number of nitrogens with one attached hydrogen (secondary N) is 1. The van der Waals surface area contributed by atoms with Gasteiger partial charge in [-0.3, -0.25) is 0 Å². The number of anilines is 1. The number of alkyl halides is 3. The topological polar surface area (TPSA) is 54.0 Å². The highest BCUT2D eigenvalue weighted by atomic mass is 35.5. The molecule has 160 valence electrons. The highest BCUT2D eigenvalue weighted by molar-refractivity contribution is 6.31. The van der Waals surface area contributed by atoms with Gasteiger partial charge in [0, 0.05) is 34.2 Å². The normalized spacial score (nSPS) is 16.9. The third-order valence-corrected chi connectivity index (χ3v) is 5.60. The van der Waals surface area contributed by atoms with E-state index in [1.807, 2.05) is 23.1 Å². The summed E-state index contributed by atoms with van der Waals surface area (Å²) in [7, 11) is 1.26. The Bertz CT molecular complexity index is 1080. The van der Waals surface area contributed by atoms with Gasteiger partial charge in [0.05, 0.1) is 13.2 Å². The lowest BCUT2D eigenvalue weighted by Crippen LogP contribution is -2.37. The van der Waals surface area contributed by atoms with Crippen LogP contribution in [-0.4, -0.2) is 28.6 Å². The van der Waals surface area contributed by atoms with E-state index in [9.17, 15) is 13.2 Å². The van der Waals surface area contributed by atoms with Crippen molar-refractivity contribution in [2.24, 2.45) is 5.92 Å². The molecule has 0 radical (unpaired) electrons. The zero-order valence-electron chi connectivity index (χ0n) is 16.8. The molecule has 0 bridgehead atoms. The van der Waals surface area contributed by atoms with Crippen LogP contribution in [0.15, 0.2) is 24.3 Å².